The zero-order valence-electron chi connectivity index (χ0n) is 18.9. The van der Waals surface area contributed by atoms with Crippen molar-refractivity contribution >= 4 is 40.6 Å². The average molecular weight is 470 g/mol. The van der Waals surface area contributed by atoms with Crippen LogP contribution in [0.5, 0.6) is 0 Å². The van der Waals surface area contributed by atoms with Crippen molar-refractivity contribution in [2.24, 2.45) is 0 Å². The summed E-state index contributed by atoms with van der Waals surface area (Å²) >= 11 is 1.38. The van der Waals surface area contributed by atoms with Crippen LogP contribution in [0.4, 0.5) is 0 Å². The van der Waals surface area contributed by atoms with Crippen LogP contribution >= 0.6 is 11.8 Å². The van der Waals surface area contributed by atoms with E-state index in [-0.39, 0.29) is 5.91 Å². The molecular formula is C27H27N5OS. The molecule has 0 aliphatic carbocycles. The second-order valence-electron chi connectivity index (χ2n) is 8.33. The molecule has 0 spiro atoms. The zero-order valence-corrected chi connectivity index (χ0v) is 19.7. The monoisotopic (exact) mass is 469 g/mol. The summed E-state index contributed by atoms with van der Waals surface area (Å²) in [4.78, 5) is 21.6. The Hall–Kier alpha value is -3.42. The quantitative estimate of drug-likeness (QED) is 0.402. The molecule has 0 unspecified atom stereocenters. The lowest BCUT2D eigenvalue weighted by molar-refractivity contribution is -0.130. The number of amides is 1. The fourth-order valence-corrected chi connectivity index (χ4v) is 4.89. The molecule has 4 aromatic rings. The van der Waals surface area contributed by atoms with E-state index in [9.17, 15) is 4.79 Å². The third kappa shape index (κ3) is 5.55. The molecule has 172 valence electrons. The molecule has 6 nitrogen and oxygen atoms in total. The Balaban J connectivity index is 1.09. The number of piperazine rings is 1. The smallest absolute Gasteiger partial charge is 0.233 e. The van der Waals surface area contributed by atoms with Gasteiger partial charge in [-0.15, -0.1) is 5.10 Å². The van der Waals surface area contributed by atoms with Crippen molar-refractivity contribution in [1.82, 2.24) is 25.0 Å². The SMILES string of the molecule is O=C(CSc1n[nH]c(C=Cc2ccccc2)n1)N1CCN(Cc2cccc3ccccc23)CC1. The minimum absolute atomic E-state index is 0.140. The van der Waals surface area contributed by atoms with E-state index in [1.165, 1.54) is 28.1 Å². The highest BCUT2D eigenvalue weighted by Crippen LogP contribution is 2.21. The largest absolute Gasteiger partial charge is 0.339 e. The summed E-state index contributed by atoms with van der Waals surface area (Å²) in [7, 11) is 0. The van der Waals surface area contributed by atoms with E-state index in [4.69, 9.17) is 0 Å². The molecule has 2 heterocycles. The van der Waals surface area contributed by atoms with Gasteiger partial charge < -0.3 is 4.90 Å². The van der Waals surface area contributed by atoms with E-state index in [1.807, 2.05) is 47.4 Å². The third-order valence-electron chi connectivity index (χ3n) is 6.04. The molecule has 1 N–H and O–H groups in total. The highest BCUT2D eigenvalue weighted by molar-refractivity contribution is 7.99. The lowest BCUT2D eigenvalue weighted by Crippen LogP contribution is -2.48. The summed E-state index contributed by atoms with van der Waals surface area (Å²) in [5.74, 6) is 1.17. The van der Waals surface area contributed by atoms with Crippen molar-refractivity contribution in [2.45, 2.75) is 11.7 Å². The van der Waals surface area contributed by atoms with Crippen LogP contribution in [-0.4, -0.2) is 62.8 Å². The highest BCUT2D eigenvalue weighted by atomic mass is 32.2. The van der Waals surface area contributed by atoms with Gasteiger partial charge >= 0.3 is 0 Å². The molecule has 1 aromatic heterocycles. The molecule has 0 atom stereocenters. The minimum Gasteiger partial charge on any atom is -0.339 e. The van der Waals surface area contributed by atoms with Crippen LogP contribution in [0.25, 0.3) is 22.9 Å². The number of benzene rings is 3. The van der Waals surface area contributed by atoms with Crippen LogP contribution in [0.15, 0.2) is 78.0 Å². The molecule has 0 radical (unpaired) electrons. The highest BCUT2D eigenvalue weighted by Gasteiger charge is 2.22. The maximum Gasteiger partial charge on any atom is 0.233 e. The average Bonchev–Trinajstić information content (AvgIpc) is 3.35. The summed E-state index contributed by atoms with van der Waals surface area (Å²) in [6, 6.07) is 25.0. The molecule has 1 amide bonds. The van der Waals surface area contributed by atoms with Gasteiger partial charge in [0.2, 0.25) is 11.1 Å². The van der Waals surface area contributed by atoms with Gasteiger partial charge in [0.1, 0.15) is 5.82 Å². The van der Waals surface area contributed by atoms with E-state index < -0.39 is 0 Å². The third-order valence-corrected chi connectivity index (χ3v) is 6.87. The van der Waals surface area contributed by atoms with Crippen LogP contribution < -0.4 is 0 Å². The van der Waals surface area contributed by atoms with Crippen molar-refractivity contribution in [1.29, 1.82) is 0 Å². The first kappa shape index (κ1) is 22.4. The predicted molar refractivity (Wildman–Crippen MR) is 138 cm³/mol. The first-order chi connectivity index (χ1) is 16.7. The van der Waals surface area contributed by atoms with E-state index in [0.29, 0.717) is 16.7 Å². The number of hydrogen-bond acceptors (Lipinski definition) is 5. The number of hydrogen-bond donors (Lipinski definition) is 1. The maximum atomic E-state index is 12.7. The first-order valence-corrected chi connectivity index (χ1v) is 12.5. The molecule has 0 bridgehead atoms. The first-order valence-electron chi connectivity index (χ1n) is 11.5. The van der Waals surface area contributed by atoms with Crippen LogP contribution in [-0.2, 0) is 11.3 Å². The zero-order chi connectivity index (χ0) is 23.2. The molecule has 1 saturated heterocycles. The lowest BCUT2D eigenvalue weighted by Gasteiger charge is -2.34. The Bertz CT molecular complexity index is 1270. The second kappa shape index (κ2) is 10.7. The molecule has 0 saturated carbocycles. The van der Waals surface area contributed by atoms with Gasteiger partial charge in [-0.1, -0.05) is 90.6 Å². The number of nitrogens with zero attached hydrogens (tertiary/aromatic N) is 4. The summed E-state index contributed by atoms with van der Waals surface area (Å²) < 4.78 is 0. The number of H-pyrrole nitrogens is 1. The van der Waals surface area contributed by atoms with E-state index >= 15 is 0 Å². The fraction of sp³-hybridized carbons (Fsp3) is 0.222. The number of nitrogens with one attached hydrogen (secondary N) is 1. The molecule has 1 fully saturated rings. The number of thioether (sulfide) groups is 1. The topological polar surface area (TPSA) is 65.1 Å². The van der Waals surface area contributed by atoms with Gasteiger partial charge in [0.05, 0.1) is 5.75 Å². The van der Waals surface area contributed by atoms with Crippen molar-refractivity contribution in [3.05, 3.63) is 89.7 Å². The molecule has 34 heavy (non-hydrogen) atoms. The summed E-state index contributed by atoms with van der Waals surface area (Å²) in [5.41, 5.74) is 2.44. The molecular weight excluding hydrogens is 442 g/mol. The molecule has 1 aliphatic heterocycles. The summed E-state index contributed by atoms with van der Waals surface area (Å²) in [6.07, 6.45) is 3.88. The van der Waals surface area contributed by atoms with Gasteiger partial charge in [-0.25, -0.2) is 4.98 Å². The maximum absolute atomic E-state index is 12.7. The Morgan fingerprint density at radius 1 is 0.912 bits per heavy atom. The van der Waals surface area contributed by atoms with Crippen molar-refractivity contribution in [2.75, 3.05) is 31.9 Å². The van der Waals surface area contributed by atoms with Gasteiger partial charge in [-0.2, -0.15) is 0 Å². The summed E-state index contributed by atoms with van der Waals surface area (Å²) in [6.45, 7) is 4.18. The number of aromatic amines is 1. The van der Waals surface area contributed by atoms with E-state index in [1.54, 1.807) is 0 Å². The number of carbonyl (C=O) groups excluding carboxylic acids is 1. The normalized spacial score (nSPS) is 14.8. The molecule has 5 rings (SSSR count). The van der Waals surface area contributed by atoms with Gasteiger partial charge in [0.15, 0.2) is 0 Å². The van der Waals surface area contributed by atoms with Crippen LogP contribution in [0.1, 0.15) is 17.0 Å². The Kier molecular flexibility index (Phi) is 7.02. The van der Waals surface area contributed by atoms with Gasteiger partial charge in [0.25, 0.3) is 0 Å². The minimum atomic E-state index is 0.140. The summed E-state index contributed by atoms with van der Waals surface area (Å²) in [5, 5.41) is 10.3. The molecule has 7 heteroatoms. The van der Waals surface area contributed by atoms with Crippen LogP contribution in [0.2, 0.25) is 0 Å². The Morgan fingerprint density at radius 2 is 1.68 bits per heavy atom. The molecule has 3 aromatic carbocycles. The van der Waals surface area contributed by atoms with Gasteiger partial charge in [-0.05, 0) is 28.0 Å². The van der Waals surface area contributed by atoms with Crippen LogP contribution in [0.3, 0.4) is 0 Å². The van der Waals surface area contributed by atoms with Crippen molar-refractivity contribution < 1.29 is 4.79 Å². The van der Waals surface area contributed by atoms with Gasteiger partial charge in [0, 0.05) is 32.7 Å². The Morgan fingerprint density at radius 3 is 2.53 bits per heavy atom. The number of rotatable bonds is 7. The van der Waals surface area contributed by atoms with E-state index in [0.717, 1.165) is 38.3 Å². The number of fused-ring (bicyclic) bond motifs is 1. The molecule has 1 aliphatic rings. The van der Waals surface area contributed by atoms with Crippen LogP contribution in [0, 0.1) is 0 Å². The Labute approximate surface area is 203 Å². The second-order valence-corrected chi connectivity index (χ2v) is 9.27. The fourth-order valence-electron chi connectivity index (χ4n) is 4.18. The van der Waals surface area contributed by atoms with Crippen molar-refractivity contribution in [3.8, 4) is 0 Å². The van der Waals surface area contributed by atoms with E-state index in [2.05, 4.69) is 62.5 Å². The number of aromatic nitrogens is 3. The standard InChI is InChI=1S/C27H27N5OS/c33-26(20-34-27-28-25(29-30-27)14-13-21-7-2-1-3-8-21)32-17-15-31(16-18-32)19-23-11-6-10-22-9-4-5-12-24(22)23/h1-14H,15-20H2,(H,28,29,30). The van der Waals surface area contributed by atoms with Gasteiger partial charge in [-0.3, -0.25) is 14.8 Å². The predicted octanol–water partition coefficient (Wildman–Crippen LogP) is 4.56. The van der Waals surface area contributed by atoms with Crippen molar-refractivity contribution in [3.63, 3.8) is 0 Å². The number of carbonyl (C=O) groups is 1. The lowest BCUT2D eigenvalue weighted by atomic mass is 10.0.